The lowest BCUT2D eigenvalue weighted by Gasteiger charge is -2.30. The van der Waals surface area contributed by atoms with Gasteiger partial charge in [0.2, 0.25) is 0 Å². The molecular formula is C22H30N4O. The first-order chi connectivity index (χ1) is 13.0. The van der Waals surface area contributed by atoms with E-state index >= 15 is 0 Å². The maximum Gasteiger partial charge on any atom is 0.272 e. The highest BCUT2D eigenvalue weighted by atomic mass is 16.2. The van der Waals surface area contributed by atoms with Crippen molar-refractivity contribution in [3.8, 4) is 0 Å². The topological polar surface area (TPSA) is 58.1 Å². The number of hydrogen-bond acceptors (Lipinski definition) is 4. The molecule has 0 saturated carbocycles. The SMILES string of the molecule is CCc1cccc(CC)c1Nc1cc(C(=O)N2CCC(C)CC2)nc(C)n1. The average molecular weight is 367 g/mol. The van der Waals surface area contributed by atoms with E-state index in [4.69, 9.17) is 0 Å². The van der Waals surface area contributed by atoms with Crippen molar-refractivity contribution in [1.29, 1.82) is 0 Å². The van der Waals surface area contributed by atoms with Crippen LogP contribution in [-0.2, 0) is 12.8 Å². The molecule has 0 radical (unpaired) electrons. The summed E-state index contributed by atoms with van der Waals surface area (Å²) >= 11 is 0. The lowest BCUT2D eigenvalue weighted by atomic mass is 9.99. The molecule has 1 aromatic carbocycles. The van der Waals surface area contributed by atoms with Gasteiger partial charge in [-0.1, -0.05) is 39.0 Å². The minimum absolute atomic E-state index is 0.00921. The molecule has 0 aliphatic carbocycles. The van der Waals surface area contributed by atoms with Crippen LogP contribution in [0.3, 0.4) is 0 Å². The Bertz CT molecular complexity index is 788. The van der Waals surface area contributed by atoms with Gasteiger partial charge in [0.15, 0.2) is 0 Å². The largest absolute Gasteiger partial charge is 0.340 e. The molecule has 1 aromatic heterocycles. The summed E-state index contributed by atoms with van der Waals surface area (Å²) in [6.45, 7) is 10.0. The van der Waals surface area contributed by atoms with Gasteiger partial charge in [0.05, 0.1) is 0 Å². The summed E-state index contributed by atoms with van der Waals surface area (Å²) in [6.07, 6.45) is 4.01. The number of aryl methyl sites for hydroxylation is 3. The molecule has 0 atom stereocenters. The van der Waals surface area contributed by atoms with Crippen LogP contribution >= 0.6 is 0 Å². The molecule has 0 spiro atoms. The van der Waals surface area contributed by atoms with Crippen molar-refractivity contribution in [3.05, 3.63) is 46.9 Å². The Kier molecular flexibility index (Phi) is 6.09. The van der Waals surface area contributed by atoms with Gasteiger partial charge >= 0.3 is 0 Å². The van der Waals surface area contributed by atoms with Crippen LogP contribution in [-0.4, -0.2) is 33.9 Å². The minimum Gasteiger partial charge on any atom is -0.340 e. The monoisotopic (exact) mass is 366 g/mol. The van der Waals surface area contributed by atoms with Crippen LogP contribution in [0.4, 0.5) is 11.5 Å². The van der Waals surface area contributed by atoms with Crippen molar-refractivity contribution in [1.82, 2.24) is 14.9 Å². The summed E-state index contributed by atoms with van der Waals surface area (Å²) in [5.74, 6) is 2.00. The molecule has 0 bridgehead atoms. The first-order valence-electron chi connectivity index (χ1n) is 10.0. The van der Waals surface area contributed by atoms with Gasteiger partial charge in [-0.25, -0.2) is 9.97 Å². The number of likely N-dealkylation sites (tertiary alicyclic amines) is 1. The fraction of sp³-hybridized carbons (Fsp3) is 0.500. The zero-order chi connectivity index (χ0) is 19.4. The van der Waals surface area contributed by atoms with Gasteiger partial charge in [0.1, 0.15) is 17.3 Å². The third-order valence-corrected chi connectivity index (χ3v) is 5.38. The molecule has 1 fully saturated rings. The number of amides is 1. The molecule has 3 rings (SSSR count). The van der Waals surface area contributed by atoms with E-state index in [1.807, 2.05) is 11.8 Å². The molecule has 1 aliphatic rings. The quantitative estimate of drug-likeness (QED) is 0.845. The van der Waals surface area contributed by atoms with Gasteiger partial charge in [-0.15, -0.1) is 0 Å². The fourth-order valence-corrected chi connectivity index (χ4v) is 3.65. The third-order valence-electron chi connectivity index (χ3n) is 5.38. The van der Waals surface area contributed by atoms with E-state index in [9.17, 15) is 4.79 Å². The third kappa shape index (κ3) is 4.46. The van der Waals surface area contributed by atoms with Crippen molar-refractivity contribution in [2.45, 2.75) is 53.4 Å². The molecule has 1 saturated heterocycles. The van der Waals surface area contributed by atoms with Crippen molar-refractivity contribution < 1.29 is 4.79 Å². The maximum absolute atomic E-state index is 12.9. The highest BCUT2D eigenvalue weighted by molar-refractivity contribution is 5.93. The van der Waals surface area contributed by atoms with Gasteiger partial charge in [-0.05, 0) is 49.7 Å². The standard InChI is InChI=1S/C22H30N4O/c1-5-17-8-7-9-18(6-2)21(17)25-20-14-19(23-16(4)24-20)22(27)26-12-10-15(3)11-13-26/h7-9,14-15H,5-6,10-13H2,1-4H3,(H,23,24,25). The summed E-state index contributed by atoms with van der Waals surface area (Å²) in [5.41, 5.74) is 4.09. The number of piperidine rings is 1. The average Bonchev–Trinajstić information content (AvgIpc) is 2.67. The Balaban J connectivity index is 1.87. The van der Waals surface area contributed by atoms with Crippen molar-refractivity contribution in [2.24, 2.45) is 5.92 Å². The number of aromatic nitrogens is 2. The van der Waals surface area contributed by atoms with E-state index in [-0.39, 0.29) is 5.91 Å². The molecule has 27 heavy (non-hydrogen) atoms. The zero-order valence-electron chi connectivity index (χ0n) is 16.9. The van der Waals surface area contributed by atoms with Crippen molar-refractivity contribution in [2.75, 3.05) is 18.4 Å². The van der Waals surface area contributed by atoms with Crippen molar-refractivity contribution >= 4 is 17.4 Å². The van der Waals surface area contributed by atoms with Gasteiger partial charge in [0, 0.05) is 24.8 Å². The number of carbonyl (C=O) groups is 1. The first kappa shape index (κ1) is 19.3. The molecule has 2 heterocycles. The van der Waals surface area contributed by atoms with E-state index in [1.165, 1.54) is 11.1 Å². The van der Waals surface area contributed by atoms with E-state index in [2.05, 4.69) is 54.3 Å². The second-order valence-electron chi connectivity index (χ2n) is 7.44. The van der Waals surface area contributed by atoms with Crippen LogP contribution in [0, 0.1) is 12.8 Å². The molecule has 0 unspecified atom stereocenters. The summed E-state index contributed by atoms with van der Waals surface area (Å²) < 4.78 is 0. The number of nitrogens with zero attached hydrogens (tertiary/aromatic N) is 3. The van der Waals surface area contributed by atoms with Crippen LogP contribution in [0.5, 0.6) is 0 Å². The van der Waals surface area contributed by atoms with Gasteiger partial charge in [-0.3, -0.25) is 4.79 Å². The van der Waals surface area contributed by atoms with Crippen LogP contribution in [0.1, 0.15) is 61.1 Å². The molecule has 1 amide bonds. The highest BCUT2D eigenvalue weighted by Gasteiger charge is 2.23. The number of anilines is 2. The van der Waals surface area contributed by atoms with Gasteiger partial charge in [0.25, 0.3) is 5.91 Å². The number of carbonyl (C=O) groups excluding carboxylic acids is 1. The smallest absolute Gasteiger partial charge is 0.272 e. The summed E-state index contributed by atoms with van der Waals surface area (Å²) in [5, 5.41) is 3.47. The number of hydrogen-bond donors (Lipinski definition) is 1. The molecule has 2 aromatic rings. The molecule has 1 N–H and O–H groups in total. The van der Waals surface area contributed by atoms with E-state index in [0.717, 1.165) is 44.5 Å². The summed E-state index contributed by atoms with van der Waals surface area (Å²) in [6, 6.07) is 8.16. The molecule has 1 aliphatic heterocycles. The highest BCUT2D eigenvalue weighted by Crippen LogP contribution is 2.26. The molecule has 144 valence electrons. The normalized spacial score (nSPS) is 15.0. The van der Waals surface area contributed by atoms with E-state index in [1.54, 1.807) is 6.07 Å². The molecule has 5 heteroatoms. The minimum atomic E-state index is 0.00921. The number of nitrogens with one attached hydrogen (secondary N) is 1. The van der Waals surface area contributed by atoms with E-state index in [0.29, 0.717) is 23.3 Å². The Labute approximate surface area is 162 Å². The Morgan fingerprint density at radius 1 is 1.15 bits per heavy atom. The maximum atomic E-state index is 12.9. The Hall–Kier alpha value is -2.43. The molecule has 5 nitrogen and oxygen atoms in total. The van der Waals surface area contributed by atoms with Crippen LogP contribution < -0.4 is 5.32 Å². The number of para-hydroxylation sites is 1. The number of rotatable bonds is 5. The van der Waals surface area contributed by atoms with E-state index < -0.39 is 0 Å². The molecular weight excluding hydrogens is 336 g/mol. The fourth-order valence-electron chi connectivity index (χ4n) is 3.65. The van der Waals surface area contributed by atoms with Gasteiger partial charge in [-0.2, -0.15) is 0 Å². The van der Waals surface area contributed by atoms with Crippen molar-refractivity contribution in [3.63, 3.8) is 0 Å². The zero-order valence-corrected chi connectivity index (χ0v) is 16.9. The summed E-state index contributed by atoms with van der Waals surface area (Å²) in [4.78, 5) is 23.8. The Morgan fingerprint density at radius 2 is 1.78 bits per heavy atom. The van der Waals surface area contributed by atoms with Gasteiger partial charge < -0.3 is 10.2 Å². The predicted molar refractivity (Wildman–Crippen MR) is 110 cm³/mol. The van der Waals surface area contributed by atoms with Crippen LogP contribution in [0.2, 0.25) is 0 Å². The number of benzene rings is 1. The van der Waals surface area contributed by atoms with Crippen LogP contribution in [0.15, 0.2) is 24.3 Å². The predicted octanol–water partition coefficient (Wildman–Crippen LogP) is 4.53. The lowest BCUT2D eigenvalue weighted by Crippen LogP contribution is -2.38. The Morgan fingerprint density at radius 3 is 2.37 bits per heavy atom. The van der Waals surface area contributed by atoms with Crippen LogP contribution in [0.25, 0.3) is 0 Å². The summed E-state index contributed by atoms with van der Waals surface area (Å²) in [7, 11) is 0. The second-order valence-corrected chi connectivity index (χ2v) is 7.44. The second kappa shape index (κ2) is 8.51. The first-order valence-corrected chi connectivity index (χ1v) is 10.0. The lowest BCUT2D eigenvalue weighted by molar-refractivity contribution is 0.0691.